The van der Waals surface area contributed by atoms with Gasteiger partial charge in [-0.25, -0.2) is 4.79 Å². The summed E-state index contributed by atoms with van der Waals surface area (Å²) in [4.78, 5) is 11.1. The van der Waals surface area contributed by atoms with Gasteiger partial charge in [-0.2, -0.15) is 0 Å². The molecule has 0 rings (SSSR count). The number of unbranched alkanes of at least 4 members (excludes halogenated alkanes) is 7. The van der Waals surface area contributed by atoms with Crippen LogP contribution < -0.4 is 0 Å². The van der Waals surface area contributed by atoms with Gasteiger partial charge in [-0.05, 0) is 19.8 Å². The van der Waals surface area contributed by atoms with E-state index in [9.17, 15) is 4.79 Å². The normalized spacial score (nSPS) is 11.6. The third-order valence-corrected chi connectivity index (χ3v) is 2.77. The molecule has 0 N–H and O–H groups in total. The monoisotopic (exact) mass is 226 g/mol. The van der Waals surface area contributed by atoms with Crippen LogP contribution in [-0.4, -0.2) is 13.1 Å². The topological polar surface area (TPSA) is 26.3 Å². The van der Waals surface area contributed by atoms with E-state index in [0.717, 1.165) is 12.0 Å². The fourth-order valence-corrected chi connectivity index (χ4v) is 1.66. The van der Waals surface area contributed by atoms with Crippen LogP contribution in [-0.2, 0) is 9.53 Å². The largest absolute Gasteiger partial charge is 0.466 e. The van der Waals surface area contributed by atoms with Crippen molar-refractivity contribution in [1.29, 1.82) is 0 Å². The molecule has 0 aromatic rings. The van der Waals surface area contributed by atoms with Crippen LogP contribution in [0.15, 0.2) is 11.6 Å². The smallest absolute Gasteiger partial charge is 0.333 e. The maximum absolute atomic E-state index is 11.1. The highest BCUT2D eigenvalue weighted by atomic mass is 16.5. The maximum atomic E-state index is 11.1. The molecule has 16 heavy (non-hydrogen) atoms. The first-order valence-electron chi connectivity index (χ1n) is 6.47. The molecule has 0 aromatic carbocycles. The van der Waals surface area contributed by atoms with Crippen molar-refractivity contribution in [2.24, 2.45) is 0 Å². The van der Waals surface area contributed by atoms with Crippen molar-refractivity contribution >= 4 is 5.97 Å². The van der Waals surface area contributed by atoms with Crippen molar-refractivity contribution in [2.75, 3.05) is 7.11 Å². The highest BCUT2D eigenvalue weighted by Crippen LogP contribution is 2.09. The van der Waals surface area contributed by atoms with Gasteiger partial charge in [0, 0.05) is 5.57 Å². The van der Waals surface area contributed by atoms with Crippen molar-refractivity contribution < 1.29 is 9.53 Å². The lowest BCUT2D eigenvalue weighted by Crippen LogP contribution is -2.01. The predicted molar refractivity (Wildman–Crippen MR) is 68.4 cm³/mol. The molecular formula is C14H26O2. The maximum Gasteiger partial charge on any atom is 0.333 e. The molecule has 0 atom stereocenters. The van der Waals surface area contributed by atoms with Gasteiger partial charge >= 0.3 is 5.97 Å². The minimum absolute atomic E-state index is 0.206. The van der Waals surface area contributed by atoms with Gasteiger partial charge in [0.05, 0.1) is 7.11 Å². The molecule has 94 valence electrons. The van der Waals surface area contributed by atoms with Gasteiger partial charge in [0.2, 0.25) is 0 Å². The van der Waals surface area contributed by atoms with Crippen molar-refractivity contribution in [3.8, 4) is 0 Å². The second-order valence-electron chi connectivity index (χ2n) is 4.29. The van der Waals surface area contributed by atoms with Gasteiger partial charge in [-0.3, -0.25) is 0 Å². The zero-order chi connectivity index (χ0) is 12.2. The zero-order valence-corrected chi connectivity index (χ0v) is 11.1. The molecule has 0 radical (unpaired) electrons. The minimum atomic E-state index is -0.206. The lowest BCUT2D eigenvalue weighted by atomic mass is 10.1. The molecule has 0 aliphatic heterocycles. The average molecular weight is 226 g/mol. The number of hydrogen-bond donors (Lipinski definition) is 0. The van der Waals surface area contributed by atoms with Crippen LogP contribution in [0.2, 0.25) is 0 Å². The summed E-state index contributed by atoms with van der Waals surface area (Å²) in [6, 6.07) is 0. The summed E-state index contributed by atoms with van der Waals surface area (Å²) < 4.78 is 4.63. The molecule has 0 heterocycles. The molecular weight excluding hydrogens is 200 g/mol. The van der Waals surface area contributed by atoms with E-state index in [2.05, 4.69) is 11.7 Å². The summed E-state index contributed by atoms with van der Waals surface area (Å²) in [6.07, 6.45) is 12.1. The van der Waals surface area contributed by atoms with Crippen LogP contribution in [0.1, 0.15) is 65.2 Å². The van der Waals surface area contributed by atoms with Gasteiger partial charge in [-0.1, -0.05) is 51.5 Å². The van der Waals surface area contributed by atoms with E-state index in [1.54, 1.807) is 0 Å². The third kappa shape index (κ3) is 8.51. The Morgan fingerprint density at radius 3 is 2.19 bits per heavy atom. The van der Waals surface area contributed by atoms with E-state index < -0.39 is 0 Å². The van der Waals surface area contributed by atoms with Crippen LogP contribution >= 0.6 is 0 Å². The summed E-state index contributed by atoms with van der Waals surface area (Å²) in [5.74, 6) is -0.206. The Labute approximate surface area is 100 Å². The SMILES string of the molecule is CCCCCCCCC/C=C(\C)C(=O)OC. The van der Waals surface area contributed by atoms with Gasteiger partial charge in [0.15, 0.2) is 0 Å². The number of hydrogen-bond acceptors (Lipinski definition) is 2. The quantitative estimate of drug-likeness (QED) is 0.334. The molecule has 2 nitrogen and oxygen atoms in total. The molecule has 0 aliphatic rings. The fourth-order valence-electron chi connectivity index (χ4n) is 1.66. The third-order valence-electron chi connectivity index (χ3n) is 2.77. The van der Waals surface area contributed by atoms with Gasteiger partial charge in [-0.15, -0.1) is 0 Å². The van der Waals surface area contributed by atoms with E-state index >= 15 is 0 Å². The molecule has 0 unspecified atom stereocenters. The number of allylic oxidation sites excluding steroid dienone is 1. The summed E-state index contributed by atoms with van der Waals surface area (Å²) in [5, 5.41) is 0. The standard InChI is InChI=1S/C14H26O2/c1-4-5-6-7-8-9-10-11-12-13(2)14(15)16-3/h12H,4-11H2,1-3H3/b13-12+. The van der Waals surface area contributed by atoms with E-state index in [0.29, 0.717) is 0 Å². The summed E-state index contributed by atoms with van der Waals surface area (Å²) in [5.41, 5.74) is 0.730. The van der Waals surface area contributed by atoms with Crippen molar-refractivity contribution in [2.45, 2.75) is 65.2 Å². The molecule has 0 aliphatic carbocycles. The van der Waals surface area contributed by atoms with Crippen LogP contribution in [0.3, 0.4) is 0 Å². The number of carbonyl (C=O) groups excluding carboxylic acids is 1. The zero-order valence-electron chi connectivity index (χ0n) is 11.1. The van der Waals surface area contributed by atoms with Crippen LogP contribution in [0.5, 0.6) is 0 Å². The highest BCUT2D eigenvalue weighted by Gasteiger charge is 2.00. The van der Waals surface area contributed by atoms with Crippen molar-refractivity contribution in [1.82, 2.24) is 0 Å². The van der Waals surface area contributed by atoms with Gasteiger partial charge in [0.1, 0.15) is 0 Å². The molecule has 0 saturated heterocycles. The molecule has 0 fully saturated rings. The minimum Gasteiger partial charge on any atom is -0.466 e. The Kier molecular flexibility index (Phi) is 10.2. The first-order valence-corrected chi connectivity index (χ1v) is 6.47. The highest BCUT2D eigenvalue weighted by molar-refractivity contribution is 5.87. The van der Waals surface area contributed by atoms with Gasteiger partial charge < -0.3 is 4.74 Å². The Morgan fingerprint density at radius 1 is 1.06 bits per heavy atom. The van der Waals surface area contributed by atoms with Crippen LogP contribution in [0.4, 0.5) is 0 Å². The first kappa shape index (κ1) is 15.2. The molecule has 2 heteroatoms. The number of methoxy groups -OCH3 is 1. The van der Waals surface area contributed by atoms with E-state index in [1.807, 2.05) is 13.0 Å². The van der Waals surface area contributed by atoms with E-state index in [4.69, 9.17) is 0 Å². The lowest BCUT2D eigenvalue weighted by molar-refractivity contribution is -0.136. The Balaban J connectivity index is 3.35. The summed E-state index contributed by atoms with van der Waals surface area (Å²) >= 11 is 0. The lowest BCUT2D eigenvalue weighted by Gasteiger charge is -2.00. The second-order valence-corrected chi connectivity index (χ2v) is 4.29. The molecule has 0 amide bonds. The van der Waals surface area contributed by atoms with E-state index in [-0.39, 0.29) is 5.97 Å². The predicted octanol–water partition coefficient (Wildman–Crippen LogP) is 4.25. The molecule has 0 saturated carbocycles. The Hall–Kier alpha value is -0.790. The number of carbonyl (C=O) groups is 1. The summed E-state index contributed by atoms with van der Waals surface area (Å²) in [6.45, 7) is 4.05. The second kappa shape index (κ2) is 10.7. The fraction of sp³-hybridized carbons (Fsp3) is 0.786. The first-order chi connectivity index (χ1) is 7.72. The number of ether oxygens (including phenoxy) is 1. The van der Waals surface area contributed by atoms with Gasteiger partial charge in [0.25, 0.3) is 0 Å². The van der Waals surface area contributed by atoms with Crippen LogP contribution in [0.25, 0.3) is 0 Å². The molecule has 0 spiro atoms. The van der Waals surface area contributed by atoms with Crippen LogP contribution in [0, 0.1) is 0 Å². The Bertz CT molecular complexity index is 207. The number of rotatable bonds is 9. The Morgan fingerprint density at radius 2 is 1.62 bits per heavy atom. The summed E-state index contributed by atoms with van der Waals surface area (Å²) in [7, 11) is 1.42. The average Bonchev–Trinajstić information content (AvgIpc) is 2.31. The molecule has 0 bridgehead atoms. The van der Waals surface area contributed by atoms with E-state index in [1.165, 1.54) is 52.1 Å². The number of esters is 1. The molecule has 0 aromatic heterocycles. The van der Waals surface area contributed by atoms with Crippen molar-refractivity contribution in [3.63, 3.8) is 0 Å². The van der Waals surface area contributed by atoms with Crippen molar-refractivity contribution in [3.05, 3.63) is 11.6 Å².